The second-order valence-electron chi connectivity index (χ2n) is 3.87. The summed E-state index contributed by atoms with van der Waals surface area (Å²) in [5, 5.41) is 0. The number of aryl methyl sites for hydroxylation is 1. The maximum atomic E-state index is 5.64. The first kappa shape index (κ1) is 12.1. The predicted octanol–water partition coefficient (Wildman–Crippen LogP) is 3.02. The summed E-state index contributed by atoms with van der Waals surface area (Å²) in [4.78, 5) is 1.23. The van der Waals surface area contributed by atoms with E-state index in [0.29, 0.717) is 0 Å². The molecule has 1 aliphatic rings. The van der Waals surface area contributed by atoms with Crippen LogP contribution in [0.3, 0.4) is 0 Å². The minimum absolute atomic E-state index is 0.0790. The van der Waals surface area contributed by atoms with Gasteiger partial charge in [0.1, 0.15) is 0 Å². The van der Waals surface area contributed by atoms with E-state index in [4.69, 9.17) is 10.6 Å². The van der Waals surface area contributed by atoms with Gasteiger partial charge in [-0.05, 0) is 52.9 Å². The Morgan fingerprint density at radius 2 is 2.44 bits per heavy atom. The fourth-order valence-corrected chi connectivity index (χ4v) is 3.47. The minimum atomic E-state index is 0.0790. The third-order valence-electron chi connectivity index (χ3n) is 2.66. The Bertz CT molecular complexity index is 383. The summed E-state index contributed by atoms with van der Waals surface area (Å²) in [7, 11) is 0. The standard InChI is InChI=1S/C11H15BrN2OS/c1-7-5-9(16-11(7)12)10(14-13)8-3-2-4-15-6-8/h5-6,10,14H,2-4,13H2,1H3. The van der Waals surface area contributed by atoms with Crippen LogP contribution >= 0.6 is 27.3 Å². The van der Waals surface area contributed by atoms with Gasteiger partial charge in [-0.2, -0.15) is 0 Å². The molecule has 0 aromatic carbocycles. The molecule has 0 amide bonds. The van der Waals surface area contributed by atoms with Crippen LogP contribution in [0.4, 0.5) is 0 Å². The van der Waals surface area contributed by atoms with Gasteiger partial charge in [-0.3, -0.25) is 5.84 Å². The normalized spacial score (nSPS) is 17.8. The molecule has 0 spiro atoms. The first-order chi connectivity index (χ1) is 7.72. The molecule has 3 N–H and O–H groups in total. The van der Waals surface area contributed by atoms with Crippen molar-refractivity contribution in [2.24, 2.45) is 5.84 Å². The molecule has 3 nitrogen and oxygen atoms in total. The zero-order chi connectivity index (χ0) is 11.5. The number of ether oxygens (including phenoxy) is 1. The molecule has 1 unspecified atom stereocenters. The molecule has 0 fully saturated rings. The number of hydrazine groups is 1. The highest BCUT2D eigenvalue weighted by molar-refractivity contribution is 9.11. The zero-order valence-corrected chi connectivity index (χ0v) is 11.5. The van der Waals surface area contributed by atoms with E-state index in [-0.39, 0.29) is 6.04 Å². The van der Waals surface area contributed by atoms with Crippen LogP contribution in [0.1, 0.15) is 29.3 Å². The Morgan fingerprint density at radius 3 is 2.94 bits per heavy atom. The molecule has 0 saturated heterocycles. The molecule has 0 saturated carbocycles. The van der Waals surface area contributed by atoms with Gasteiger partial charge in [-0.25, -0.2) is 5.43 Å². The summed E-state index contributed by atoms with van der Waals surface area (Å²) in [5.41, 5.74) is 5.34. The summed E-state index contributed by atoms with van der Waals surface area (Å²) in [5.74, 6) is 5.64. The van der Waals surface area contributed by atoms with Crippen LogP contribution < -0.4 is 11.3 Å². The van der Waals surface area contributed by atoms with Crippen molar-refractivity contribution in [3.63, 3.8) is 0 Å². The lowest BCUT2D eigenvalue weighted by Crippen LogP contribution is -2.29. The zero-order valence-electron chi connectivity index (χ0n) is 9.13. The summed E-state index contributed by atoms with van der Waals surface area (Å²) in [6, 6.07) is 2.24. The molecule has 16 heavy (non-hydrogen) atoms. The smallest absolute Gasteiger partial charge is 0.0876 e. The highest BCUT2D eigenvalue weighted by Gasteiger charge is 2.20. The molecule has 0 bridgehead atoms. The number of halogens is 1. The van der Waals surface area contributed by atoms with E-state index in [1.807, 2.05) is 6.26 Å². The molecule has 2 heterocycles. The molecule has 1 atom stereocenters. The second kappa shape index (κ2) is 5.31. The van der Waals surface area contributed by atoms with Gasteiger partial charge in [0.25, 0.3) is 0 Å². The fourth-order valence-electron chi connectivity index (χ4n) is 1.79. The van der Waals surface area contributed by atoms with Crippen LogP contribution in [0.2, 0.25) is 0 Å². The molecular formula is C11H15BrN2OS. The summed E-state index contributed by atoms with van der Waals surface area (Å²) >= 11 is 5.26. The summed E-state index contributed by atoms with van der Waals surface area (Å²) in [6.45, 7) is 2.90. The summed E-state index contributed by atoms with van der Waals surface area (Å²) < 4.78 is 6.53. The van der Waals surface area contributed by atoms with Crippen molar-refractivity contribution in [2.45, 2.75) is 25.8 Å². The largest absolute Gasteiger partial charge is 0.501 e. The van der Waals surface area contributed by atoms with Crippen molar-refractivity contribution in [1.29, 1.82) is 0 Å². The number of nitrogens with two attached hydrogens (primary N) is 1. The van der Waals surface area contributed by atoms with Crippen LogP contribution in [0.25, 0.3) is 0 Å². The number of hydrogen-bond donors (Lipinski definition) is 2. The highest BCUT2D eigenvalue weighted by atomic mass is 79.9. The van der Waals surface area contributed by atoms with Crippen molar-refractivity contribution in [3.05, 3.63) is 32.1 Å². The van der Waals surface area contributed by atoms with E-state index >= 15 is 0 Å². The average molecular weight is 303 g/mol. The molecule has 0 aliphatic carbocycles. The van der Waals surface area contributed by atoms with Gasteiger partial charge in [0.05, 0.1) is 22.7 Å². The molecule has 1 aromatic heterocycles. The molecule has 88 valence electrons. The molecular weight excluding hydrogens is 288 g/mol. The van der Waals surface area contributed by atoms with Crippen molar-refractivity contribution in [1.82, 2.24) is 5.43 Å². The summed E-state index contributed by atoms with van der Waals surface area (Å²) in [6.07, 6.45) is 3.95. The quantitative estimate of drug-likeness (QED) is 0.666. The Hall–Kier alpha value is -0.360. The van der Waals surface area contributed by atoms with Gasteiger partial charge < -0.3 is 4.74 Å². The van der Waals surface area contributed by atoms with Crippen LogP contribution in [-0.2, 0) is 4.74 Å². The first-order valence-corrected chi connectivity index (χ1v) is 6.86. The van der Waals surface area contributed by atoms with Gasteiger partial charge in [-0.1, -0.05) is 0 Å². The van der Waals surface area contributed by atoms with E-state index in [2.05, 4.69) is 34.3 Å². The van der Waals surface area contributed by atoms with Gasteiger partial charge >= 0.3 is 0 Å². The Morgan fingerprint density at radius 1 is 1.62 bits per heavy atom. The Balaban J connectivity index is 2.24. The fraction of sp³-hybridized carbons (Fsp3) is 0.455. The van der Waals surface area contributed by atoms with Crippen LogP contribution in [0.15, 0.2) is 21.7 Å². The molecule has 0 radical (unpaired) electrons. The lowest BCUT2D eigenvalue weighted by atomic mass is 10.0. The number of rotatable bonds is 3. The lowest BCUT2D eigenvalue weighted by molar-refractivity contribution is 0.219. The van der Waals surface area contributed by atoms with Gasteiger partial charge in [0, 0.05) is 4.88 Å². The third-order valence-corrected chi connectivity index (χ3v) is 4.86. The van der Waals surface area contributed by atoms with Gasteiger partial charge in [-0.15, -0.1) is 11.3 Å². The van der Waals surface area contributed by atoms with Crippen LogP contribution in [0, 0.1) is 6.92 Å². The minimum Gasteiger partial charge on any atom is -0.501 e. The van der Waals surface area contributed by atoms with E-state index in [0.717, 1.165) is 19.4 Å². The van der Waals surface area contributed by atoms with E-state index in [9.17, 15) is 0 Å². The second-order valence-corrected chi connectivity index (χ2v) is 6.27. The average Bonchev–Trinajstić information content (AvgIpc) is 2.61. The third kappa shape index (κ3) is 2.48. The van der Waals surface area contributed by atoms with E-state index < -0.39 is 0 Å². The SMILES string of the molecule is Cc1cc(C(NN)C2=COCCC2)sc1Br. The topological polar surface area (TPSA) is 47.3 Å². The van der Waals surface area contributed by atoms with Crippen molar-refractivity contribution >= 4 is 27.3 Å². The van der Waals surface area contributed by atoms with Crippen molar-refractivity contribution in [3.8, 4) is 0 Å². The number of nitrogens with one attached hydrogen (secondary N) is 1. The molecule has 1 aromatic rings. The lowest BCUT2D eigenvalue weighted by Gasteiger charge is -2.21. The van der Waals surface area contributed by atoms with Crippen molar-refractivity contribution in [2.75, 3.05) is 6.61 Å². The molecule has 5 heteroatoms. The Kier molecular flexibility index (Phi) is 4.02. The highest BCUT2D eigenvalue weighted by Crippen LogP contribution is 2.35. The molecule has 2 rings (SSSR count). The predicted molar refractivity (Wildman–Crippen MR) is 70.1 cm³/mol. The van der Waals surface area contributed by atoms with Gasteiger partial charge in [0.2, 0.25) is 0 Å². The van der Waals surface area contributed by atoms with E-state index in [1.54, 1.807) is 11.3 Å². The maximum Gasteiger partial charge on any atom is 0.0876 e. The van der Waals surface area contributed by atoms with E-state index in [1.165, 1.54) is 19.8 Å². The first-order valence-electron chi connectivity index (χ1n) is 5.25. The van der Waals surface area contributed by atoms with Crippen molar-refractivity contribution < 1.29 is 4.74 Å². The number of thiophene rings is 1. The number of hydrogen-bond acceptors (Lipinski definition) is 4. The molecule has 1 aliphatic heterocycles. The Labute approximate surface area is 108 Å². The van der Waals surface area contributed by atoms with Gasteiger partial charge in [0.15, 0.2) is 0 Å². The van der Waals surface area contributed by atoms with Crippen LogP contribution in [0.5, 0.6) is 0 Å². The monoisotopic (exact) mass is 302 g/mol. The maximum absolute atomic E-state index is 5.64. The van der Waals surface area contributed by atoms with Crippen LogP contribution in [-0.4, -0.2) is 6.61 Å².